The van der Waals surface area contributed by atoms with Crippen molar-refractivity contribution >= 4 is 28.1 Å². The monoisotopic (exact) mass is 372 g/mol. The number of anilines is 1. The average molecular weight is 373 g/mol. The molecule has 0 bridgehead atoms. The van der Waals surface area contributed by atoms with Crippen LogP contribution in [0.1, 0.15) is 5.56 Å². The molecule has 0 fully saturated rings. The molecule has 3 nitrogen and oxygen atoms in total. The number of rotatable bonds is 8. The highest BCUT2D eigenvalue weighted by Crippen LogP contribution is 2.28. The minimum Gasteiger partial charge on any atom is -0.383 e. The van der Waals surface area contributed by atoms with Crippen molar-refractivity contribution in [3.63, 3.8) is 0 Å². The van der Waals surface area contributed by atoms with Gasteiger partial charge in [0.05, 0.1) is 12.3 Å². The molecular weight excluding hydrogens is 352 g/mol. The second-order valence-electron chi connectivity index (χ2n) is 5.74. The molecule has 0 amide bonds. The van der Waals surface area contributed by atoms with Crippen molar-refractivity contribution in [3.05, 3.63) is 70.6 Å². The molecule has 0 N–H and O–H groups in total. The lowest BCUT2D eigenvalue weighted by Crippen LogP contribution is -2.29. The van der Waals surface area contributed by atoms with Gasteiger partial charge < -0.3 is 9.64 Å². The summed E-state index contributed by atoms with van der Waals surface area (Å²) in [6.07, 6.45) is 0.987. The molecule has 0 aliphatic rings. The molecule has 0 saturated carbocycles. The van der Waals surface area contributed by atoms with Crippen molar-refractivity contribution in [1.82, 2.24) is 4.98 Å². The standard InChI is InChI=1S/C20H21ClN2OS/c1-24-14-13-23(12-11-16-5-3-2-4-6-16)20-22-19(15-25-20)17-7-9-18(21)10-8-17/h2-10,15H,11-14H2,1H3. The summed E-state index contributed by atoms with van der Waals surface area (Å²) in [7, 11) is 1.73. The average Bonchev–Trinajstić information content (AvgIpc) is 3.13. The van der Waals surface area contributed by atoms with Crippen molar-refractivity contribution in [2.75, 3.05) is 31.7 Å². The highest BCUT2D eigenvalue weighted by Gasteiger charge is 2.12. The van der Waals surface area contributed by atoms with Gasteiger partial charge in [-0.25, -0.2) is 4.98 Å². The maximum absolute atomic E-state index is 5.97. The molecule has 2 aromatic carbocycles. The zero-order valence-electron chi connectivity index (χ0n) is 14.2. The molecule has 0 spiro atoms. The Morgan fingerprint density at radius 1 is 1.04 bits per heavy atom. The Bertz CT molecular complexity index is 774. The Morgan fingerprint density at radius 3 is 2.52 bits per heavy atom. The number of benzene rings is 2. The van der Waals surface area contributed by atoms with Gasteiger partial charge in [-0.1, -0.05) is 54.1 Å². The molecule has 0 atom stereocenters. The van der Waals surface area contributed by atoms with Gasteiger partial charge in [0.1, 0.15) is 0 Å². The number of aromatic nitrogens is 1. The molecule has 1 heterocycles. The lowest BCUT2D eigenvalue weighted by Gasteiger charge is -2.21. The number of hydrogen-bond acceptors (Lipinski definition) is 4. The van der Waals surface area contributed by atoms with Gasteiger partial charge in [-0.2, -0.15) is 0 Å². The Morgan fingerprint density at radius 2 is 1.80 bits per heavy atom. The molecule has 3 aromatic rings. The Balaban J connectivity index is 1.73. The number of ether oxygens (including phenoxy) is 1. The van der Waals surface area contributed by atoms with E-state index in [1.165, 1.54) is 5.56 Å². The second kappa shape index (κ2) is 8.99. The van der Waals surface area contributed by atoms with Crippen molar-refractivity contribution in [2.45, 2.75) is 6.42 Å². The van der Waals surface area contributed by atoms with E-state index in [0.29, 0.717) is 6.61 Å². The van der Waals surface area contributed by atoms with Gasteiger partial charge in [-0.15, -0.1) is 11.3 Å². The fourth-order valence-corrected chi connectivity index (χ4v) is 3.59. The van der Waals surface area contributed by atoms with Crippen LogP contribution in [0, 0.1) is 0 Å². The SMILES string of the molecule is COCCN(CCc1ccccc1)c1nc(-c2ccc(Cl)cc2)cs1. The summed E-state index contributed by atoms with van der Waals surface area (Å²) in [5, 5.41) is 3.86. The maximum Gasteiger partial charge on any atom is 0.185 e. The van der Waals surface area contributed by atoms with Crippen LogP contribution in [0.2, 0.25) is 5.02 Å². The summed E-state index contributed by atoms with van der Waals surface area (Å²) in [6, 6.07) is 18.3. The first-order chi connectivity index (χ1) is 12.3. The van der Waals surface area contributed by atoms with Gasteiger partial charge in [0.15, 0.2) is 5.13 Å². The summed E-state index contributed by atoms with van der Waals surface area (Å²) < 4.78 is 5.27. The molecule has 3 rings (SSSR count). The van der Waals surface area contributed by atoms with Crippen LogP contribution >= 0.6 is 22.9 Å². The zero-order valence-corrected chi connectivity index (χ0v) is 15.8. The molecule has 5 heteroatoms. The van der Waals surface area contributed by atoms with Crippen molar-refractivity contribution in [1.29, 1.82) is 0 Å². The van der Waals surface area contributed by atoms with Gasteiger partial charge in [0, 0.05) is 36.2 Å². The van der Waals surface area contributed by atoms with E-state index in [1.54, 1.807) is 18.4 Å². The molecule has 1 aromatic heterocycles. The number of hydrogen-bond donors (Lipinski definition) is 0. The van der Waals surface area contributed by atoms with Crippen LogP contribution in [0.4, 0.5) is 5.13 Å². The third kappa shape index (κ3) is 5.05. The zero-order chi connectivity index (χ0) is 17.5. The van der Waals surface area contributed by atoms with Crippen LogP contribution < -0.4 is 4.90 Å². The molecule has 0 unspecified atom stereocenters. The van der Waals surface area contributed by atoms with E-state index in [4.69, 9.17) is 21.3 Å². The number of nitrogens with zero attached hydrogens (tertiary/aromatic N) is 2. The molecule has 0 saturated heterocycles. The van der Waals surface area contributed by atoms with E-state index < -0.39 is 0 Å². The Hall–Kier alpha value is -1.88. The van der Waals surface area contributed by atoms with E-state index in [9.17, 15) is 0 Å². The van der Waals surface area contributed by atoms with Crippen LogP contribution in [0.3, 0.4) is 0 Å². The Kier molecular flexibility index (Phi) is 6.45. The quantitative estimate of drug-likeness (QED) is 0.546. The van der Waals surface area contributed by atoms with Crippen molar-refractivity contribution in [2.24, 2.45) is 0 Å². The van der Waals surface area contributed by atoms with E-state index in [1.807, 2.05) is 30.3 Å². The lowest BCUT2D eigenvalue weighted by molar-refractivity contribution is 0.205. The van der Waals surface area contributed by atoms with Gasteiger partial charge in [-0.3, -0.25) is 0 Å². The Labute approximate surface area is 157 Å². The smallest absolute Gasteiger partial charge is 0.185 e. The van der Waals surface area contributed by atoms with Crippen LogP contribution in [-0.4, -0.2) is 31.8 Å². The molecule has 130 valence electrons. The first-order valence-corrected chi connectivity index (χ1v) is 9.51. The lowest BCUT2D eigenvalue weighted by atomic mass is 10.1. The third-order valence-corrected chi connectivity index (χ3v) is 5.13. The van der Waals surface area contributed by atoms with Gasteiger partial charge in [-0.05, 0) is 24.1 Å². The van der Waals surface area contributed by atoms with Crippen LogP contribution in [0.15, 0.2) is 60.0 Å². The third-order valence-electron chi connectivity index (χ3n) is 3.98. The molecule has 0 aliphatic heterocycles. The molecular formula is C20H21ClN2OS. The summed E-state index contributed by atoms with van der Waals surface area (Å²) in [6.45, 7) is 2.43. The second-order valence-corrected chi connectivity index (χ2v) is 7.01. The topological polar surface area (TPSA) is 25.4 Å². The highest BCUT2D eigenvalue weighted by atomic mass is 35.5. The van der Waals surface area contributed by atoms with Crippen molar-refractivity contribution in [3.8, 4) is 11.3 Å². The predicted octanol–water partition coefficient (Wildman–Crippen LogP) is 5.16. The van der Waals surface area contributed by atoms with E-state index in [-0.39, 0.29) is 0 Å². The summed E-state index contributed by atoms with van der Waals surface area (Å²) in [4.78, 5) is 7.11. The van der Waals surface area contributed by atoms with E-state index >= 15 is 0 Å². The molecule has 0 radical (unpaired) electrons. The minimum absolute atomic E-state index is 0.685. The first kappa shape index (κ1) is 17.9. The largest absolute Gasteiger partial charge is 0.383 e. The fraction of sp³-hybridized carbons (Fsp3) is 0.250. The number of methoxy groups -OCH3 is 1. The normalized spacial score (nSPS) is 10.8. The predicted molar refractivity (Wildman–Crippen MR) is 107 cm³/mol. The van der Waals surface area contributed by atoms with E-state index in [0.717, 1.165) is 40.9 Å². The van der Waals surface area contributed by atoms with Crippen LogP contribution in [0.25, 0.3) is 11.3 Å². The summed E-state index contributed by atoms with van der Waals surface area (Å²) in [5.41, 5.74) is 3.40. The van der Waals surface area contributed by atoms with Crippen LogP contribution in [-0.2, 0) is 11.2 Å². The number of halogens is 1. The fourth-order valence-electron chi connectivity index (χ4n) is 2.58. The van der Waals surface area contributed by atoms with Crippen molar-refractivity contribution < 1.29 is 4.74 Å². The van der Waals surface area contributed by atoms with E-state index in [2.05, 4.69) is 34.5 Å². The summed E-state index contributed by atoms with van der Waals surface area (Å²) >= 11 is 7.64. The van der Waals surface area contributed by atoms with Crippen LogP contribution in [0.5, 0.6) is 0 Å². The minimum atomic E-state index is 0.685. The molecule has 0 aliphatic carbocycles. The van der Waals surface area contributed by atoms with Gasteiger partial charge in [0.2, 0.25) is 0 Å². The first-order valence-electron chi connectivity index (χ1n) is 8.25. The summed E-state index contributed by atoms with van der Waals surface area (Å²) in [5.74, 6) is 0. The van der Waals surface area contributed by atoms with Gasteiger partial charge in [0.25, 0.3) is 0 Å². The molecule has 25 heavy (non-hydrogen) atoms. The van der Waals surface area contributed by atoms with Gasteiger partial charge >= 0.3 is 0 Å². The number of thiazole rings is 1. The maximum atomic E-state index is 5.97. The highest BCUT2D eigenvalue weighted by molar-refractivity contribution is 7.14.